The first-order chi connectivity index (χ1) is 13.2. The number of guanidine groups is 1. The molecule has 1 rings (SSSR count). The number of benzene rings is 1. The van der Waals surface area contributed by atoms with E-state index in [1.807, 2.05) is 59.7 Å². The number of aliphatic imine (C=N–C) groups is 1. The highest BCUT2D eigenvalue weighted by molar-refractivity contribution is 7.89. The lowest BCUT2D eigenvalue weighted by atomic mass is 10.1. The van der Waals surface area contributed by atoms with Crippen molar-refractivity contribution in [3.63, 3.8) is 0 Å². The van der Waals surface area contributed by atoms with Crippen LogP contribution in [0, 0.1) is 6.92 Å². The second kappa shape index (κ2) is 11.9. The number of aryl methyl sites for hydroxylation is 1. The van der Waals surface area contributed by atoms with E-state index in [0.29, 0.717) is 38.7 Å². The molecule has 7 nitrogen and oxygen atoms in total. The standard InChI is InChI=1S/C20H36N4O3S/c1-7-21-20(22-12-13-28(25,26)24(8-2)9-3)23-15-18-11-10-17(6)14-19(18)27-16(4)5/h10-11,14,16H,7-9,12-13,15H2,1-6H3,(H2,21,22,23). The molecule has 1 aromatic carbocycles. The normalized spacial score (nSPS) is 12.5. The van der Waals surface area contributed by atoms with Gasteiger partial charge in [-0.1, -0.05) is 26.0 Å². The average molecular weight is 413 g/mol. The van der Waals surface area contributed by atoms with Crippen LogP contribution in [0.2, 0.25) is 0 Å². The number of hydrogen-bond donors (Lipinski definition) is 2. The van der Waals surface area contributed by atoms with Gasteiger partial charge >= 0.3 is 0 Å². The Morgan fingerprint density at radius 2 is 1.86 bits per heavy atom. The molecule has 0 aliphatic heterocycles. The number of nitrogens with one attached hydrogen (secondary N) is 2. The first kappa shape index (κ1) is 24.2. The van der Waals surface area contributed by atoms with Crippen molar-refractivity contribution < 1.29 is 13.2 Å². The minimum atomic E-state index is -3.26. The zero-order chi connectivity index (χ0) is 21.2. The van der Waals surface area contributed by atoms with Gasteiger partial charge in [-0.05, 0) is 39.3 Å². The van der Waals surface area contributed by atoms with E-state index < -0.39 is 10.0 Å². The highest BCUT2D eigenvalue weighted by Crippen LogP contribution is 2.22. The average Bonchev–Trinajstić information content (AvgIpc) is 2.61. The van der Waals surface area contributed by atoms with Gasteiger partial charge in [0.25, 0.3) is 0 Å². The Bertz CT molecular complexity index is 729. The van der Waals surface area contributed by atoms with Gasteiger partial charge in [-0.15, -0.1) is 0 Å². The van der Waals surface area contributed by atoms with E-state index in [2.05, 4.69) is 15.6 Å². The van der Waals surface area contributed by atoms with Crippen LogP contribution >= 0.6 is 0 Å². The van der Waals surface area contributed by atoms with Crippen LogP contribution in [0.1, 0.15) is 45.7 Å². The predicted molar refractivity (Wildman–Crippen MR) is 116 cm³/mol. The summed E-state index contributed by atoms with van der Waals surface area (Å²) in [5.74, 6) is 1.46. The van der Waals surface area contributed by atoms with Crippen LogP contribution in [-0.2, 0) is 16.6 Å². The fraction of sp³-hybridized carbons (Fsp3) is 0.650. The highest BCUT2D eigenvalue weighted by atomic mass is 32.2. The summed E-state index contributed by atoms with van der Waals surface area (Å²) in [4.78, 5) is 4.59. The largest absolute Gasteiger partial charge is 0.491 e. The molecule has 0 aromatic heterocycles. The van der Waals surface area contributed by atoms with E-state index in [-0.39, 0.29) is 11.9 Å². The third-order valence-electron chi connectivity index (χ3n) is 4.09. The van der Waals surface area contributed by atoms with E-state index >= 15 is 0 Å². The molecule has 160 valence electrons. The van der Waals surface area contributed by atoms with Gasteiger partial charge in [0.15, 0.2) is 5.96 Å². The topological polar surface area (TPSA) is 83.0 Å². The molecule has 0 saturated heterocycles. The predicted octanol–water partition coefficient (Wildman–Crippen LogP) is 2.51. The molecule has 0 unspecified atom stereocenters. The van der Waals surface area contributed by atoms with Crippen molar-refractivity contribution in [3.8, 4) is 5.75 Å². The molecule has 0 amide bonds. The van der Waals surface area contributed by atoms with Gasteiger partial charge in [0, 0.05) is 31.7 Å². The maximum absolute atomic E-state index is 12.3. The monoisotopic (exact) mass is 412 g/mol. The first-order valence-electron chi connectivity index (χ1n) is 9.99. The minimum Gasteiger partial charge on any atom is -0.491 e. The number of rotatable bonds is 11. The molecular formula is C20H36N4O3S. The Hall–Kier alpha value is -1.80. The molecule has 2 N–H and O–H groups in total. The summed E-state index contributed by atoms with van der Waals surface area (Å²) < 4.78 is 32.0. The van der Waals surface area contributed by atoms with Gasteiger partial charge in [-0.3, -0.25) is 0 Å². The Morgan fingerprint density at radius 1 is 1.18 bits per heavy atom. The summed E-state index contributed by atoms with van der Waals surface area (Å²) in [5.41, 5.74) is 2.13. The molecule has 8 heteroatoms. The number of hydrogen-bond acceptors (Lipinski definition) is 4. The maximum Gasteiger partial charge on any atom is 0.215 e. The zero-order valence-corrected chi connectivity index (χ0v) is 18.9. The van der Waals surface area contributed by atoms with Crippen molar-refractivity contribution in [1.29, 1.82) is 0 Å². The molecule has 1 aromatic rings. The summed E-state index contributed by atoms with van der Waals surface area (Å²) in [6.07, 6.45) is 0.0844. The minimum absolute atomic E-state index is 0.0331. The van der Waals surface area contributed by atoms with E-state index in [1.54, 1.807) is 0 Å². The molecule has 0 aliphatic rings. The summed E-state index contributed by atoms with van der Waals surface area (Å²) in [6.45, 7) is 14.1. The molecule has 0 aliphatic carbocycles. The van der Waals surface area contributed by atoms with Gasteiger partial charge in [-0.2, -0.15) is 0 Å². The number of ether oxygens (including phenoxy) is 1. The molecule has 0 radical (unpaired) electrons. The molecule has 0 heterocycles. The van der Waals surface area contributed by atoms with Crippen LogP contribution in [0.4, 0.5) is 0 Å². The smallest absolute Gasteiger partial charge is 0.215 e. The third-order valence-corrected chi connectivity index (χ3v) is 6.11. The molecule has 0 fully saturated rings. The molecule has 0 spiro atoms. The summed E-state index contributed by atoms with van der Waals surface area (Å²) in [6, 6.07) is 6.07. The van der Waals surface area contributed by atoms with Gasteiger partial charge in [-0.25, -0.2) is 17.7 Å². The SMILES string of the molecule is CCNC(=NCc1ccc(C)cc1OC(C)C)NCCS(=O)(=O)N(CC)CC. The first-order valence-corrected chi connectivity index (χ1v) is 11.6. The lowest BCUT2D eigenvalue weighted by molar-refractivity contribution is 0.240. The van der Waals surface area contributed by atoms with E-state index in [1.165, 1.54) is 4.31 Å². The Balaban J connectivity index is 2.80. The van der Waals surface area contributed by atoms with Crippen LogP contribution < -0.4 is 15.4 Å². The van der Waals surface area contributed by atoms with E-state index in [0.717, 1.165) is 16.9 Å². The van der Waals surface area contributed by atoms with Gasteiger partial charge in [0.05, 0.1) is 18.4 Å². The van der Waals surface area contributed by atoms with Crippen LogP contribution in [-0.4, -0.2) is 56.7 Å². The molecule has 0 bridgehead atoms. The van der Waals surface area contributed by atoms with E-state index in [9.17, 15) is 8.42 Å². The maximum atomic E-state index is 12.3. The van der Waals surface area contributed by atoms with Crippen molar-refractivity contribution in [3.05, 3.63) is 29.3 Å². The Morgan fingerprint density at radius 3 is 2.43 bits per heavy atom. The second-order valence-corrected chi connectivity index (χ2v) is 8.89. The second-order valence-electron chi connectivity index (χ2n) is 6.80. The van der Waals surface area contributed by atoms with Crippen molar-refractivity contribution in [1.82, 2.24) is 14.9 Å². The number of sulfonamides is 1. The van der Waals surface area contributed by atoms with Crippen molar-refractivity contribution in [2.24, 2.45) is 4.99 Å². The molecular weight excluding hydrogens is 376 g/mol. The van der Waals surface area contributed by atoms with Crippen molar-refractivity contribution in [2.75, 3.05) is 31.9 Å². The summed E-state index contributed by atoms with van der Waals surface area (Å²) >= 11 is 0. The molecule has 0 atom stereocenters. The van der Waals surface area contributed by atoms with Crippen LogP contribution in [0.15, 0.2) is 23.2 Å². The lowest BCUT2D eigenvalue weighted by Gasteiger charge is -2.19. The fourth-order valence-electron chi connectivity index (χ4n) is 2.71. The fourth-order valence-corrected chi connectivity index (χ4v) is 4.11. The number of nitrogens with zero attached hydrogens (tertiary/aromatic N) is 2. The van der Waals surface area contributed by atoms with Crippen molar-refractivity contribution >= 4 is 16.0 Å². The van der Waals surface area contributed by atoms with E-state index in [4.69, 9.17) is 4.74 Å². The highest BCUT2D eigenvalue weighted by Gasteiger charge is 2.18. The quantitative estimate of drug-likeness (QED) is 0.431. The Kier molecular flexibility index (Phi) is 10.3. The van der Waals surface area contributed by atoms with Gasteiger partial charge < -0.3 is 15.4 Å². The molecule has 28 heavy (non-hydrogen) atoms. The third kappa shape index (κ3) is 8.06. The van der Waals surface area contributed by atoms with Crippen LogP contribution in [0.25, 0.3) is 0 Å². The van der Waals surface area contributed by atoms with Crippen molar-refractivity contribution in [2.45, 2.75) is 54.2 Å². The lowest BCUT2D eigenvalue weighted by Crippen LogP contribution is -2.42. The Labute approximate surface area is 170 Å². The van der Waals surface area contributed by atoms with Crippen LogP contribution in [0.3, 0.4) is 0 Å². The molecule has 0 saturated carbocycles. The van der Waals surface area contributed by atoms with Gasteiger partial charge in [0.2, 0.25) is 10.0 Å². The summed E-state index contributed by atoms with van der Waals surface area (Å²) in [7, 11) is -3.26. The van der Waals surface area contributed by atoms with Gasteiger partial charge in [0.1, 0.15) is 5.75 Å². The summed E-state index contributed by atoms with van der Waals surface area (Å²) in [5, 5.41) is 6.27. The zero-order valence-electron chi connectivity index (χ0n) is 18.1. The van der Waals surface area contributed by atoms with Crippen LogP contribution in [0.5, 0.6) is 5.75 Å².